The van der Waals surface area contributed by atoms with Crippen molar-refractivity contribution in [2.24, 2.45) is 0 Å². The molecule has 1 N–H and O–H groups in total. The number of thioether (sulfide) groups is 1. The Morgan fingerprint density at radius 1 is 1.33 bits per heavy atom. The first-order chi connectivity index (χ1) is 13.0. The van der Waals surface area contributed by atoms with Gasteiger partial charge >= 0.3 is 0 Å². The normalized spacial score (nSPS) is 12.4. The van der Waals surface area contributed by atoms with Gasteiger partial charge in [0.25, 0.3) is 0 Å². The quantitative estimate of drug-likeness (QED) is 0.586. The first kappa shape index (κ1) is 21.7. The van der Waals surface area contributed by atoms with Gasteiger partial charge in [0.2, 0.25) is 5.91 Å². The van der Waals surface area contributed by atoms with Crippen molar-refractivity contribution >= 4 is 35.0 Å². The van der Waals surface area contributed by atoms with Crippen LogP contribution in [0.4, 0.5) is 5.69 Å². The molecule has 0 spiro atoms. The standard InChI is InChI=1S/C19H28ClN5OS/c1-5-7-11-25-18(16(6-2)24(3)4)22-23-19(25)27-13-17(26)21-15-10-8-9-14(20)12-15/h8-10,12,16H,5-7,11,13H2,1-4H3,(H,21,26). The van der Waals surface area contributed by atoms with E-state index < -0.39 is 0 Å². The van der Waals surface area contributed by atoms with Crippen molar-refractivity contribution < 1.29 is 4.79 Å². The summed E-state index contributed by atoms with van der Waals surface area (Å²) in [6.45, 7) is 5.18. The van der Waals surface area contributed by atoms with Gasteiger partial charge in [0, 0.05) is 17.3 Å². The molecule has 0 aliphatic rings. The van der Waals surface area contributed by atoms with E-state index in [4.69, 9.17) is 11.6 Å². The number of nitrogens with one attached hydrogen (secondary N) is 1. The Hall–Kier alpha value is -1.57. The Bertz CT molecular complexity index is 749. The minimum absolute atomic E-state index is 0.0893. The van der Waals surface area contributed by atoms with E-state index in [1.165, 1.54) is 11.8 Å². The van der Waals surface area contributed by atoms with Crippen molar-refractivity contribution in [3.63, 3.8) is 0 Å². The van der Waals surface area contributed by atoms with Crippen LogP contribution >= 0.6 is 23.4 Å². The summed E-state index contributed by atoms with van der Waals surface area (Å²) in [6, 6.07) is 7.35. The van der Waals surface area contributed by atoms with Gasteiger partial charge in [-0.05, 0) is 45.1 Å². The smallest absolute Gasteiger partial charge is 0.234 e. The Kier molecular flexibility index (Phi) is 8.60. The lowest BCUT2D eigenvalue weighted by Gasteiger charge is -2.23. The van der Waals surface area contributed by atoms with E-state index >= 15 is 0 Å². The minimum Gasteiger partial charge on any atom is -0.325 e. The number of carbonyl (C=O) groups excluding carboxylic acids is 1. The maximum absolute atomic E-state index is 12.3. The molecule has 0 saturated heterocycles. The third-order valence-corrected chi connectivity index (χ3v) is 5.43. The second kappa shape index (κ2) is 10.7. The van der Waals surface area contributed by atoms with Crippen molar-refractivity contribution in [2.45, 2.75) is 50.9 Å². The molecule has 1 atom stereocenters. The van der Waals surface area contributed by atoms with Gasteiger partial charge in [0.1, 0.15) is 0 Å². The van der Waals surface area contributed by atoms with Gasteiger partial charge in [0.05, 0.1) is 11.8 Å². The summed E-state index contributed by atoms with van der Waals surface area (Å²) in [5.74, 6) is 1.15. The van der Waals surface area contributed by atoms with Gasteiger partial charge in [-0.1, -0.05) is 49.7 Å². The number of amides is 1. The number of halogens is 1. The zero-order valence-electron chi connectivity index (χ0n) is 16.4. The van der Waals surface area contributed by atoms with Crippen molar-refractivity contribution in [3.05, 3.63) is 35.1 Å². The molecule has 6 nitrogen and oxygen atoms in total. The molecule has 1 amide bonds. The zero-order valence-corrected chi connectivity index (χ0v) is 18.0. The van der Waals surface area contributed by atoms with Gasteiger partial charge < -0.3 is 9.88 Å². The molecule has 1 aromatic heterocycles. The van der Waals surface area contributed by atoms with E-state index in [2.05, 4.69) is 52.9 Å². The number of aromatic nitrogens is 3. The summed E-state index contributed by atoms with van der Waals surface area (Å²) in [4.78, 5) is 14.4. The van der Waals surface area contributed by atoms with Gasteiger partial charge in [-0.2, -0.15) is 0 Å². The summed E-state index contributed by atoms with van der Waals surface area (Å²) in [6.07, 6.45) is 3.10. The van der Waals surface area contributed by atoms with E-state index in [9.17, 15) is 4.79 Å². The van der Waals surface area contributed by atoms with Crippen LogP contribution in [0.1, 0.15) is 45.0 Å². The van der Waals surface area contributed by atoms with Crippen molar-refractivity contribution in [3.8, 4) is 0 Å². The summed E-state index contributed by atoms with van der Waals surface area (Å²) in [5, 5.41) is 13.1. The molecule has 0 aliphatic heterocycles. The molecule has 0 fully saturated rings. The monoisotopic (exact) mass is 409 g/mol. The van der Waals surface area contributed by atoms with Crippen LogP contribution in [0.25, 0.3) is 0 Å². The highest BCUT2D eigenvalue weighted by molar-refractivity contribution is 7.99. The molecule has 27 heavy (non-hydrogen) atoms. The molecule has 1 heterocycles. The number of nitrogens with zero attached hydrogens (tertiary/aromatic N) is 4. The summed E-state index contributed by atoms with van der Waals surface area (Å²) < 4.78 is 2.16. The van der Waals surface area contributed by atoms with Gasteiger partial charge in [-0.15, -0.1) is 10.2 Å². The van der Waals surface area contributed by atoms with Crippen molar-refractivity contribution in [2.75, 3.05) is 25.2 Å². The number of benzene rings is 1. The molecule has 148 valence electrons. The minimum atomic E-state index is -0.0893. The highest BCUT2D eigenvalue weighted by Crippen LogP contribution is 2.26. The first-order valence-corrected chi connectivity index (χ1v) is 10.6. The van der Waals surface area contributed by atoms with E-state index in [1.54, 1.807) is 12.1 Å². The molecule has 2 aromatic rings. The predicted octanol–water partition coefficient (Wildman–Crippen LogP) is 4.48. The number of carbonyl (C=O) groups is 1. The lowest BCUT2D eigenvalue weighted by Crippen LogP contribution is -2.23. The molecule has 0 radical (unpaired) electrons. The number of anilines is 1. The summed E-state index contributed by atoms with van der Waals surface area (Å²) in [7, 11) is 4.11. The number of hydrogen-bond acceptors (Lipinski definition) is 5. The SMILES string of the molecule is CCCCn1c(SCC(=O)Nc2cccc(Cl)c2)nnc1C(CC)N(C)C. The van der Waals surface area contributed by atoms with Crippen molar-refractivity contribution in [1.82, 2.24) is 19.7 Å². The Morgan fingerprint density at radius 3 is 2.74 bits per heavy atom. The molecule has 0 saturated carbocycles. The maximum Gasteiger partial charge on any atom is 0.234 e. The van der Waals surface area contributed by atoms with Gasteiger partial charge in [0.15, 0.2) is 11.0 Å². The molecule has 1 aromatic carbocycles. The Labute approximate surface area is 170 Å². The van der Waals surface area contributed by atoms with Crippen LogP contribution in [-0.4, -0.2) is 45.4 Å². The fourth-order valence-electron chi connectivity index (χ4n) is 2.85. The fraction of sp³-hybridized carbons (Fsp3) is 0.526. The van der Waals surface area contributed by atoms with Gasteiger partial charge in [-0.25, -0.2) is 0 Å². The van der Waals surface area contributed by atoms with Crippen LogP contribution in [0.2, 0.25) is 5.02 Å². The number of hydrogen-bond donors (Lipinski definition) is 1. The van der Waals surface area contributed by atoms with E-state index in [-0.39, 0.29) is 17.7 Å². The summed E-state index contributed by atoms with van der Waals surface area (Å²) >= 11 is 7.38. The molecular weight excluding hydrogens is 382 g/mol. The highest BCUT2D eigenvalue weighted by atomic mass is 35.5. The Balaban J connectivity index is 2.08. The van der Waals surface area contributed by atoms with E-state index in [0.29, 0.717) is 10.7 Å². The highest BCUT2D eigenvalue weighted by Gasteiger charge is 2.22. The molecule has 0 bridgehead atoms. The maximum atomic E-state index is 12.3. The molecule has 0 aliphatic carbocycles. The third kappa shape index (κ3) is 6.23. The molecule has 8 heteroatoms. The van der Waals surface area contributed by atoms with Gasteiger partial charge in [-0.3, -0.25) is 9.69 Å². The van der Waals surface area contributed by atoms with Crippen LogP contribution in [0, 0.1) is 0 Å². The van der Waals surface area contributed by atoms with E-state index in [1.807, 2.05) is 12.1 Å². The number of unbranched alkanes of at least 4 members (excludes halogenated alkanes) is 1. The fourth-order valence-corrected chi connectivity index (χ4v) is 3.81. The summed E-state index contributed by atoms with van der Waals surface area (Å²) in [5.41, 5.74) is 0.694. The Morgan fingerprint density at radius 2 is 2.11 bits per heavy atom. The molecular formula is C19H28ClN5OS. The average Bonchev–Trinajstić information content (AvgIpc) is 3.01. The lowest BCUT2D eigenvalue weighted by molar-refractivity contribution is -0.113. The lowest BCUT2D eigenvalue weighted by atomic mass is 10.2. The second-order valence-corrected chi connectivity index (χ2v) is 7.96. The van der Waals surface area contributed by atoms with Crippen LogP contribution < -0.4 is 5.32 Å². The van der Waals surface area contributed by atoms with Crippen LogP contribution in [0.3, 0.4) is 0 Å². The number of rotatable bonds is 10. The van der Waals surface area contributed by atoms with Crippen LogP contribution in [-0.2, 0) is 11.3 Å². The molecule has 1 unspecified atom stereocenters. The van der Waals surface area contributed by atoms with E-state index in [0.717, 1.165) is 36.8 Å². The van der Waals surface area contributed by atoms with Crippen LogP contribution in [0.5, 0.6) is 0 Å². The zero-order chi connectivity index (χ0) is 19.8. The predicted molar refractivity (Wildman–Crippen MR) is 112 cm³/mol. The topological polar surface area (TPSA) is 63.1 Å². The second-order valence-electron chi connectivity index (χ2n) is 6.58. The average molecular weight is 410 g/mol. The third-order valence-electron chi connectivity index (χ3n) is 4.23. The van der Waals surface area contributed by atoms with Crippen LogP contribution in [0.15, 0.2) is 29.4 Å². The van der Waals surface area contributed by atoms with Crippen molar-refractivity contribution in [1.29, 1.82) is 0 Å². The molecule has 2 rings (SSSR count). The largest absolute Gasteiger partial charge is 0.325 e. The first-order valence-electron chi connectivity index (χ1n) is 9.24.